The normalized spacial score (nSPS) is 13.8. The molecular formula is C19H18N4O3S2. The number of nitrogens with one attached hydrogen (secondary N) is 1. The first-order chi connectivity index (χ1) is 13.4. The van der Waals surface area contributed by atoms with E-state index in [1.165, 1.54) is 24.3 Å². The smallest absolute Gasteiger partial charge is 0.263 e. The van der Waals surface area contributed by atoms with Crippen LogP contribution >= 0.6 is 11.3 Å². The minimum Gasteiger partial charge on any atom is -0.312 e. The zero-order valence-electron chi connectivity index (χ0n) is 15.1. The van der Waals surface area contributed by atoms with E-state index < -0.39 is 10.0 Å². The minimum atomic E-state index is -3.80. The van der Waals surface area contributed by atoms with E-state index in [9.17, 15) is 13.2 Å². The fourth-order valence-corrected chi connectivity index (χ4v) is 5.23. The Balaban J connectivity index is 1.59. The largest absolute Gasteiger partial charge is 0.312 e. The lowest BCUT2D eigenvalue weighted by Crippen LogP contribution is -2.33. The van der Waals surface area contributed by atoms with E-state index in [0.29, 0.717) is 11.6 Å². The van der Waals surface area contributed by atoms with Gasteiger partial charge in [-0.15, -0.1) is 10.2 Å². The van der Waals surface area contributed by atoms with E-state index in [4.69, 9.17) is 0 Å². The highest BCUT2D eigenvalue weighted by Crippen LogP contribution is 2.31. The summed E-state index contributed by atoms with van der Waals surface area (Å²) in [5.74, 6) is -0.0445. The Bertz CT molecular complexity index is 1130. The third-order valence-electron chi connectivity index (χ3n) is 4.53. The number of aryl methyl sites for hydroxylation is 1. The van der Waals surface area contributed by atoms with Gasteiger partial charge in [-0.05, 0) is 36.6 Å². The Morgan fingerprint density at radius 1 is 1.14 bits per heavy atom. The van der Waals surface area contributed by atoms with Crippen molar-refractivity contribution in [3.63, 3.8) is 0 Å². The van der Waals surface area contributed by atoms with Crippen molar-refractivity contribution in [3.05, 3.63) is 54.1 Å². The Labute approximate surface area is 167 Å². The van der Waals surface area contributed by atoms with Crippen molar-refractivity contribution in [2.75, 3.05) is 16.2 Å². The maximum absolute atomic E-state index is 12.8. The summed E-state index contributed by atoms with van der Waals surface area (Å²) in [4.78, 5) is 13.6. The number of carbonyl (C=O) groups is 1. The molecule has 0 bridgehead atoms. The maximum atomic E-state index is 12.8. The fraction of sp³-hybridized carbons (Fsp3) is 0.211. The summed E-state index contributed by atoms with van der Waals surface area (Å²) in [5.41, 5.74) is 2.51. The van der Waals surface area contributed by atoms with Gasteiger partial charge in [-0.1, -0.05) is 41.7 Å². The number of hydrogen-bond donors (Lipinski definition) is 1. The van der Waals surface area contributed by atoms with Gasteiger partial charge in [0.1, 0.15) is 5.01 Å². The van der Waals surface area contributed by atoms with Crippen LogP contribution in [-0.4, -0.2) is 31.1 Å². The van der Waals surface area contributed by atoms with Crippen LogP contribution < -0.4 is 9.62 Å². The van der Waals surface area contributed by atoms with E-state index in [1.54, 1.807) is 17.0 Å². The summed E-state index contributed by atoms with van der Waals surface area (Å²) >= 11 is 1.18. The molecule has 0 unspecified atom stereocenters. The number of hydrogen-bond acceptors (Lipinski definition) is 6. The topological polar surface area (TPSA) is 92.3 Å². The lowest BCUT2D eigenvalue weighted by molar-refractivity contribution is -0.116. The quantitative estimate of drug-likeness (QED) is 0.707. The first-order valence-corrected chi connectivity index (χ1v) is 11.1. The molecular weight excluding hydrogens is 396 g/mol. The Hall–Kier alpha value is -2.78. The number of carbonyl (C=O) groups excluding carboxylic acids is 1. The standard InChI is InChI=1S/C19H18N4O3S2/c1-13(24)23-11-5-8-15-12-16(9-10-17(15)23)28(25,26)22-19-21-20-18(27-19)14-6-3-2-4-7-14/h2-4,6-7,9-10,12H,5,8,11H2,1H3,(H,21,22). The number of benzene rings is 2. The molecule has 4 rings (SSSR count). The monoisotopic (exact) mass is 414 g/mol. The van der Waals surface area contributed by atoms with Gasteiger partial charge >= 0.3 is 0 Å². The molecule has 0 fully saturated rings. The molecule has 2 aromatic carbocycles. The first-order valence-electron chi connectivity index (χ1n) is 8.77. The molecule has 1 aromatic heterocycles. The molecule has 1 aliphatic rings. The number of nitrogens with zero attached hydrogens (tertiary/aromatic N) is 3. The van der Waals surface area contributed by atoms with Crippen LogP contribution in [0.25, 0.3) is 10.6 Å². The van der Waals surface area contributed by atoms with E-state index in [0.717, 1.165) is 29.7 Å². The van der Waals surface area contributed by atoms with Gasteiger partial charge in [-0.2, -0.15) is 0 Å². The average molecular weight is 415 g/mol. The molecule has 0 spiro atoms. The number of fused-ring (bicyclic) bond motifs is 1. The third-order valence-corrected chi connectivity index (χ3v) is 6.88. The maximum Gasteiger partial charge on any atom is 0.263 e. The lowest BCUT2D eigenvalue weighted by Gasteiger charge is -2.28. The van der Waals surface area contributed by atoms with Crippen LogP contribution in [0.3, 0.4) is 0 Å². The Morgan fingerprint density at radius 3 is 2.68 bits per heavy atom. The highest BCUT2D eigenvalue weighted by atomic mass is 32.2. The predicted molar refractivity (Wildman–Crippen MR) is 109 cm³/mol. The van der Waals surface area contributed by atoms with Gasteiger partial charge in [-0.25, -0.2) is 8.42 Å². The van der Waals surface area contributed by atoms with Gasteiger partial charge in [0.25, 0.3) is 10.0 Å². The van der Waals surface area contributed by atoms with E-state index in [2.05, 4.69) is 14.9 Å². The molecule has 0 saturated heterocycles. The predicted octanol–water partition coefficient (Wildman–Crippen LogP) is 3.31. The van der Waals surface area contributed by atoms with Crippen LogP contribution in [0.2, 0.25) is 0 Å². The SMILES string of the molecule is CC(=O)N1CCCc2cc(S(=O)(=O)Nc3nnc(-c4ccccc4)s3)ccc21. The molecule has 0 saturated carbocycles. The van der Waals surface area contributed by atoms with Crippen LogP contribution in [0, 0.1) is 0 Å². The highest BCUT2D eigenvalue weighted by molar-refractivity contribution is 7.93. The summed E-state index contributed by atoms with van der Waals surface area (Å²) in [6.45, 7) is 2.17. The second kappa shape index (κ2) is 7.33. The number of anilines is 2. The van der Waals surface area contributed by atoms with Gasteiger partial charge in [0.05, 0.1) is 4.90 Å². The van der Waals surface area contributed by atoms with Crippen molar-refractivity contribution in [2.45, 2.75) is 24.7 Å². The van der Waals surface area contributed by atoms with Crippen molar-refractivity contribution < 1.29 is 13.2 Å². The van der Waals surface area contributed by atoms with E-state index >= 15 is 0 Å². The molecule has 9 heteroatoms. The first kappa shape index (κ1) is 18.6. The highest BCUT2D eigenvalue weighted by Gasteiger charge is 2.24. The van der Waals surface area contributed by atoms with Crippen LogP contribution in [0.15, 0.2) is 53.4 Å². The minimum absolute atomic E-state index is 0.0445. The molecule has 7 nitrogen and oxygen atoms in total. The molecule has 2 heterocycles. The van der Waals surface area contributed by atoms with Gasteiger partial charge in [0, 0.05) is 24.7 Å². The molecule has 0 radical (unpaired) electrons. The zero-order valence-corrected chi connectivity index (χ0v) is 16.8. The van der Waals surface area contributed by atoms with Crippen LogP contribution in [0.1, 0.15) is 18.9 Å². The molecule has 1 N–H and O–H groups in total. The fourth-order valence-electron chi connectivity index (χ4n) is 3.20. The molecule has 1 aliphatic heterocycles. The van der Waals surface area contributed by atoms with Crippen molar-refractivity contribution >= 4 is 38.1 Å². The molecule has 0 aliphatic carbocycles. The van der Waals surface area contributed by atoms with Crippen molar-refractivity contribution in [3.8, 4) is 10.6 Å². The lowest BCUT2D eigenvalue weighted by atomic mass is 10.0. The third kappa shape index (κ3) is 3.63. The Kier molecular flexibility index (Phi) is 4.86. The van der Waals surface area contributed by atoms with E-state index in [-0.39, 0.29) is 15.9 Å². The van der Waals surface area contributed by atoms with E-state index in [1.807, 2.05) is 30.3 Å². The summed E-state index contributed by atoms with van der Waals surface area (Å²) < 4.78 is 28.1. The summed E-state index contributed by atoms with van der Waals surface area (Å²) in [6.07, 6.45) is 1.54. The Morgan fingerprint density at radius 2 is 1.93 bits per heavy atom. The number of rotatable bonds is 4. The van der Waals surface area contributed by atoms with Crippen LogP contribution in [0.4, 0.5) is 10.8 Å². The van der Waals surface area contributed by atoms with Crippen LogP contribution in [-0.2, 0) is 21.2 Å². The molecule has 144 valence electrons. The van der Waals surface area contributed by atoms with Gasteiger partial charge < -0.3 is 4.90 Å². The van der Waals surface area contributed by atoms with Gasteiger partial charge in [0.2, 0.25) is 11.0 Å². The van der Waals surface area contributed by atoms with Gasteiger partial charge in [0.15, 0.2) is 0 Å². The number of amides is 1. The van der Waals surface area contributed by atoms with Crippen molar-refractivity contribution in [1.29, 1.82) is 0 Å². The van der Waals surface area contributed by atoms with Crippen molar-refractivity contribution in [1.82, 2.24) is 10.2 Å². The molecule has 1 amide bonds. The summed E-state index contributed by atoms with van der Waals surface area (Å²) in [5, 5.41) is 8.86. The summed E-state index contributed by atoms with van der Waals surface area (Å²) in [6, 6.07) is 14.3. The molecule has 28 heavy (non-hydrogen) atoms. The van der Waals surface area contributed by atoms with Gasteiger partial charge in [-0.3, -0.25) is 9.52 Å². The van der Waals surface area contributed by atoms with Crippen LogP contribution in [0.5, 0.6) is 0 Å². The molecule has 0 atom stereocenters. The number of aromatic nitrogens is 2. The molecule has 3 aromatic rings. The second-order valence-corrected chi connectivity index (χ2v) is 9.11. The second-order valence-electron chi connectivity index (χ2n) is 6.45. The number of sulfonamides is 1. The zero-order chi connectivity index (χ0) is 19.7. The average Bonchev–Trinajstić information content (AvgIpc) is 3.15. The summed E-state index contributed by atoms with van der Waals surface area (Å²) in [7, 11) is -3.80. The van der Waals surface area contributed by atoms with Crippen molar-refractivity contribution in [2.24, 2.45) is 0 Å².